The first-order valence-electron chi connectivity index (χ1n) is 23.2. The topological polar surface area (TPSA) is 230 Å². The first-order chi connectivity index (χ1) is 29.8. The summed E-state index contributed by atoms with van der Waals surface area (Å²) in [6.45, 7) is 3.02. The molecule has 7 N–H and O–H groups in total. The van der Waals surface area contributed by atoms with Gasteiger partial charge in [0, 0.05) is 12.8 Å². The molecule has 14 nitrogen and oxygen atoms in total. The maximum absolute atomic E-state index is 12.8. The Kier molecular flexibility index (Phi) is 34.2. The van der Waals surface area contributed by atoms with Crippen LogP contribution in [0.15, 0.2) is 60.8 Å². The van der Waals surface area contributed by atoms with Gasteiger partial charge in [-0.1, -0.05) is 164 Å². The van der Waals surface area contributed by atoms with Gasteiger partial charge in [-0.25, -0.2) is 4.57 Å². The first kappa shape index (κ1) is 57.5. The second-order valence-corrected chi connectivity index (χ2v) is 17.5. The molecule has 1 fully saturated rings. The number of aliphatic hydroxyl groups excluding tert-OH is 6. The molecular weight excluding hydrogens is 819 g/mol. The molecule has 0 aromatic heterocycles. The standard InChI is InChI=1S/C47H81O14P/c1-3-5-7-9-11-13-15-17-18-20-22-24-26-28-30-34-40(49)58-36-39(37-59-62(56,57)61-47-45(54)43(52)42(51)44(53)46(47)55)60-41(50)35-31-33-38(48)32-29-27-25-23-21-19-16-14-12-10-8-6-4-2/h6,8,12,14,19,21,25,27,29,32,38-39,42-48,51-55H,3-5,7,9-11,13,15-18,20,22-24,26,28,30-31,33-37H2,1-2H3,(H,56,57)/b8-6-,14-12-,21-19-,27-25-,32-29+/t38?,39-,42?,43-,44+,45-,46-,47?/m1/s1. The van der Waals surface area contributed by atoms with E-state index in [-0.39, 0.29) is 25.7 Å². The second-order valence-electron chi connectivity index (χ2n) is 16.1. The van der Waals surface area contributed by atoms with Crippen molar-refractivity contribution in [2.45, 2.75) is 210 Å². The Morgan fingerprint density at radius 2 is 1.05 bits per heavy atom. The largest absolute Gasteiger partial charge is 0.472 e. The van der Waals surface area contributed by atoms with Crippen LogP contribution in [-0.2, 0) is 32.7 Å². The van der Waals surface area contributed by atoms with Crippen LogP contribution in [0.5, 0.6) is 0 Å². The van der Waals surface area contributed by atoms with E-state index in [0.29, 0.717) is 6.42 Å². The molecule has 0 radical (unpaired) electrons. The van der Waals surface area contributed by atoms with Crippen LogP contribution >= 0.6 is 7.82 Å². The molecule has 0 aromatic rings. The number of phosphoric acid groups is 1. The van der Waals surface area contributed by atoms with Crippen molar-refractivity contribution in [1.82, 2.24) is 0 Å². The molecule has 1 aliphatic rings. The minimum Gasteiger partial charge on any atom is -0.462 e. The quantitative estimate of drug-likeness (QED) is 0.0103. The molecule has 0 heterocycles. The third kappa shape index (κ3) is 29.1. The van der Waals surface area contributed by atoms with E-state index in [2.05, 4.69) is 50.3 Å². The SMILES string of the molecule is CC/C=C\C/C=C\C/C=C\C/C=C\C=C\C(O)CCCC(=O)O[C@H](COC(=O)CCCCCCCCCCCCCCCCC)COP(=O)(O)OC1[C@H](O)[C@H](O)C(O)[C@H](O)[C@H]1O. The van der Waals surface area contributed by atoms with Crippen molar-refractivity contribution < 1.29 is 68.2 Å². The molecule has 0 spiro atoms. The van der Waals surface area contributed by atoms with E-state index in [9.17, 15) is 49.7 Å². The van der Waals surface area contributed by atoms with Crippen LogP contribution in [0.4, 0.5) is 0 Å². The van der Waals surface area contributed by atoms with Gasteiger partial charge in [0.05, 0.1) is 12.7 Å². The maximum Gasteiger partial charge on any atom is 0.472 e. The van der Waals surface area contributed by atoms with E-state index in [1.54, 1.807) is 12.2 Å². The van der Waals surface area contributed by atoms with Gasteiger partial charge >= 0.3 is 19.8 Å². The third-order valence-electron chi connectivity index (χ3n) is 10.5. The zero-order chi connectivity index (χ0) is 45.9. The van der Waals surface area contributed by atoms with E-state index in [1.165, 1.54) is 64.2 Å². The summed E-state index contributed by atoms with van der Waals surface area (Å²) in [6, 6.07) is 0. The number of carbonyl (C=O) groups is 2. The number of esters is 2. The summed E-state index contributed by atoms with van der Waals surface area (Å²) in [6.07, 6.45) is 27.2. The van der Waals surface area contributed by atoms with Gasteiger partial charge in [-0.3, -0.25) is 18.6 Å². The molecule has 1 rings (SSSR count). The van der Waals surface area contributed by atoms with Crippen LogP contribution < -0.4 is 0 Å². The Morgan fingerprint density at radius 3 is 1.58 bits per heavy atom. The lowest BCUT2D eigenvalue weighted by Crippen LogP contribution is -2.64. The predicted octanol–water partition coefficient (Wildman–Crippen LogP) is 7.92. The molecule has 9 atom stereocenters. The minimum atomic E-state index is -5.17. The summed E-state index contributed by atoms with van der Waals surface area (Å²) < 4.78 is 33.4. The Labute approximate surface area is 371 Å². The van der Waals surface area contributed by atoms with Crippen molar-refractivity contribution in [3.63, 3.8) is 0 Å². The number of rotatable bonds is 37. The van der Waals surface area contributed by atoms with E-state index in [0.717, 1.165) is 51.4 Å². The van der Waals surface area contributed by atoms with Gasteiger partial charge in [0.2, 0.25) is 0 Å². The molecule has 0 saturated heterocycles. The van der Waals surface area contributed by atoms with E-state index in [1.807, 2.05) is 12.2 Å². The third-order valence-corrected chi connectivity index (χ3v) is 11.5. The molecule has 1 aliphatic carbocycles. The fourth-order valence-electron chi connectivity index (χ4n) is 6.73. The van der Waals surface area contributed by atoms with Crippen molar-refractivity contribution in [3.05, 3.63) is 60.8 Å². The van der Waals surface area contributed by atoms with E-state index >= 15 is 0 Å². The second kappa shape index (κ2) is 36.8. The number of carbonyl (C=O) groups excluding carboxylic acids is 2. The highest BCUT2D eigenvalue weighted by Crippen LogP contribution is 2.47. The molecule has 0 amide bonds. The van der Waals surface area contributed by atoms with Gasteiger partial charge in [0.1, 0.15) is 43.2 Å². The molecule has 62 heavy (non-hydrogen) atoms. The first-order valence-corrected chi connectivity index (χ1v) is 24.7. The minimum absolute atomic E-state index is 0.127. The average molecular weight is 901 g/mol. The van der Waals surface area contributed by atoms with E-state index < -0.39 is 81.8 Å². The van der Waals surface area contributed by atoms with Crippen LogP contribution in [0.2, 0.25) is 0 Å². The Balaban J connectivity index is 2.55. The Hall–Kier alpha value is -2.49. The number of hydrogen-bond acceptors (Lipinski definition) is 13. The van der Waals surface area contributed by atoms with Crippen LogP contribution in [0.3, 0.4) is 0 Å². The summed E-state index contributed by atoms with van der Waals surface area (Å²) >= 11 is 0. The van der Waals surface area contributed by atoms with Crippen LogP contribution in [-0.4, -0.2) is 110 Å². The van der Waals surface area contributed by atoms with Crippen LogP contribution in [0.25, 0.3) is 0 Å². The Morgan fingerprint density at radius 1 is 0.581 bits per heavy atom. The van der Waals surface area contributed by atoms with Crippen LogP contribution in [0.1, 0.15) is 162 Å². The summed E-state index contributed by atoms with van der Waals surface area (Å²) in [5.74, 6) is -1.30. The number of hydrogen-bond donors (Lipinski definition) is 7. The van der Waals surface area contributed by atoms with Crippen molar-refractivity contribution in [3.8, 4) is 0 Å². The summed E-state index contributed by atoms with van der Waals surface area (Å²) in [5.41, 5.74) is 0. The van der Waals surface area contributed by atoms with Crippen LogP contribution in [0, 0.1) is 0 Å². The van der Waals surface area contributed by atoms with Gasteiger partial charge in [0.25, 0.3) is 0 Å². The smallest absolute Gasteiger partial charge is 0.462 e. The number of unbranched alkanes of at least 4 members (excludes halogenated alkanes) is 14. The lowest BCUT2D eigenvalue weighted by molar-refractivity contribution is -0.220. The number of ether oxygens (including phenoxy) is 2. The number of aliphatic hydroxyl groups is 6. The molecular formula is C47H81O14P. The fourth-order valence-corrected chi connectivity index (χ4v) is 7.70. The van der Waals surface area contributed by atoms with Crippen molar-refractivity contribution in [2.75, 3.05) is 13.2 Å². The zero-order valence-corrected chi connectivity index (χ0v) is 38.4. The normalized spacial score (nSPS) is 22.9. The molecule has 4 unspecified atom stereocenters. The zero-order valence-electron chi connectivity index (χ0n) is 37.5. The van der Waals surface area contributed by atoms with Gasteiger partial charge < -0.3 is 45.0 Å². The van der Waals surface area contributed by atoms with Crippen molar-refractivity contribution in [1.29, 1.82) is 0 Å². The molecule has 0 aromatic carbocycles. The molecule has 0 aliphatic heterocycles. The predicted molar refractivity (Wildman–Crippen MR) is 241 cm³/mol. The lowest BCUT2D eigenvalue weighted by atomic mass is 9.85. The van der Waals surface area contributed by atoms with Crippen molar-refractivity contribution >= 4 is 19.8 Å². The van der Waals surface area contributed by atoms with Gasteiger partial charge in [-0.2, -0.15) is 0 Å². The lowest BCUT2D eigenvalue weighted by Gasteiger charge is -2.41. The highest BCUT2D eigenvalue weighted by Gasteiger charge is 2.51. The molecule has 0 bridgehead atoms. The number of allylic oxidation sites excluding steroid dienone is 9. The van der Waals surface area contributed by atoms with Gasteiger partial charge in [0.15, 0.2) is 6.10 Å². The highest BCUT2D eigenvalue weighted by atomic mass is 31.2. The maximum atomic E-state index is 12.8. The van der Waals surface area contributed by atoms with Gasteiger partial charge in [-0.15, -0.1) is 0 Å². The summed E-state index contributed by atoms with van der Waals surface area (Å²) in [4.78, 5) is 35.7. The van der Waals surface area contributed by atoms with E-state index in [4.69, 9.17) is 18.5 Å². The molecule has 358 valence electrons. The monoisotopic (exact) mass is 901 g/mol. The number of phosphoric ester groups is 1. The Bertz CT molecular complexity index is 1330. The molecule has 15 heteroatoms. The van der Waals surface area contributed by atoms with Crippen molar-refractivity contribution in [2.24, 2.45) is 0 Å². The average Bonchev–Trinajstić information content (AvgIpc) is 3.25. The summed E-state index contributed by atoms with van der Waals surface area (Å²) in [5, 5.41) is 60.5. The van der Waals surface area contributed by atoms with Gasteiger partial charge in [-0.05, 0) is 44.9 Å². The fraction of sp³-hybridized carbons (Fsp3) is 0.745. The molecule has 1 saturated carbocycles. The highest BCUT2D eigenvalue weighted by molar-refractivity contribution is 7.47. The summed E-state index contributed by atoms with van der Waals surface area (Å²) in [7, 11) is -5.17.